The summed E-state index contributed by atoms with van der Waals surface area (Å²) >= 11 is 5.44. The van der Waals surface area contributed by atoms with E-state index in [2.05, 4.69) is 10.9 Å². The third-order valence-electron chi connectivity index (χ3n) is 18.2. The minimum Gasteiger partial charge on any atom is -0.423 e. The number of hydrazine groups is 3. The normalized spacial score (nSPS) is 14.8. The smallest absolute Gasteiger partial charge is 0.423 e. The molecule has 5 amide bonds. The van der Waals surface area contributed by atoms with E-state index in [-0.39, 0.29) is 58.9 Å². The van der Waals surface area contributed by atoms with Crippen molar-refractivity contribution in [2.24, 2.45) is 5.84 Å². The number of hydrogen-bond donors (Lipinski definition) is 5. The lowest BCUT2D eigenvalue weighted by Gasteiger charge is -2.35. The molecular formula is C78H105B3ClF3N6O15. The molecule has 28 heteroatoms. The van der Waals surface area contributed by atoms with Crippen LogP contribution in [0, 0.1) is 59.0 Å². The van der Waals surface area contributed by atoms with Crippen molar-refractivity contribution in [1.82, 2.24) is 25.9 Å². The van der Waals surface area contributed by atoms with Gasteiger partial charge in [0.25, 0.3) is 34.8 Å². The van der Waals surface area contributed by atoms with Gasteiger partial charge in [0, 0.05) is 54.4 Å². The molecule has 0 saturated carbocycles. The van der Waals surface area contributed by atoms with Crippen LogP contribution in [-0.4, -0.2) is 142 Å². The molecule has 0 spiro atoms. The van der Waals surface area contributed by atoms with Crippen LogP contribution in [0.2, 0.25) is 0 Å². The Bertz CT molecular complexity index is 4140. The van der Waals surface area contributed by atoms with E-state index in [1.165, 1.54) is 55.6 Å². The number of amides is 5. The standard InChI is InChI=1S/C28H38BFN2O5.C22H28BFN2O5.C15H19BClFO4.C13H20N2O/c1-17-13-18(2)15-20(14-17)25(34)32(26(3,4)5)31-24(33)21-12-11-19(16-35-10)22(23(21)30)29-36-27(6,7)28(8,9)37-29;1-13-9-14(2)11-16(10-13)21(28)26(22(3,4)5)25-20(27)17-8-7-15(12-31-6)18(19(17)24)23(29)30;1-14(2)15(3,4)22-16(21-14)11-9(8-20-5)6-7-10(12(11)18)13(17)19;1-9-6-10(2)8-11(7-9)12(16)15(14)13(3,4)5/h11-15H,16H2,1-10H3,(H,31,33);7-11,29-30H,12H2,1-6H3,(H,25,27);6-7H,8H2,1-5H3;6-8H,14H2,1-5H3. The number of carbonyl (C=O) groups excluding carboxylic acids is 6. The van der Waals surface area contributed by atoms with Gasteiger partial charge >= 0.3 is 21.4 Å². The molecule has 0 bridgehead atoms. The number of nitrogens with zero attached hydrogens (tertiary/aromatic N) is 3. The van der Waals surface area contributed by atoms with Crippen LogP contribution < -0.4 is 33.1 Å². The molecule has 2 aliphatic rings. The first-order valence-electron chi connectivity index (χ1n) is 34.5. The zero-order valence-corrected chi connectivity index (χ0v) is 66.9. The van der Waals surface area contributed by atoms with Crippen molar-refractivity contribution in [3.63, 3.8) is 0 Å². The number of aryl methyl sites for hydroxylation is 6. The van der Waals surface area contributed by atoms with Gasteiger partial charge in [-0.15, -0.1) is 0 Å². The van der Waals surface area contributed by atoms with Crippen LogP contribution in [0.3, 0.4) is 0 Å². The van der Waals surface area contributed by atoms with Gasteiger partial charge in [-0.05, 0) is 242 Å². The minimum absolute atomic E-state index is 0.0644. The molecule has 0 atom stereocenters. The van der Waals surface area contributed by atoms with Crippen molar-refractivity contribution in [1.29, 1.82) is 0 Å². The Balaban J connectivity index is 0.000000265. The van der Waals surface area contributed by atoms with Gasteiger partial charge in [0.15, 0.2) is 0 Å². The van der Waals surface area contributed by atoms with Crippen molar-refractivity contribution in [3.05, 3.63) is 192 Å². The van der Waals surface area contributed by atoms with Gasteiger partial charge in [0.1, 0.15) is 17.5 Å². The quantitative estimate of drug-likeness (QED) is 0.0210. The molecule has 6 N–H and O–H groups in total. The lowest BCUT2D eigenvalue weighted by atomic mass is 9.74. The Morgan fingerprint density at radius 1 is 0.462 bits per heavy atom. The Morgan fingerprint density at radius 2 is 0.736 bits per heavy atom. The number of nitrogens with two attached hydrogens (primary N) is 1. The lowest BCUT2D eigenvalue weighted by Crippen LogP contribution is -2.56. The fourth-order valence-corrected chi connectivity index (χ4v) is 11.5. The summed E-state index contributed by atoms with van der Waals surface area (Å²) in [4.78, 5) is 76.4. The molecule has 106 heavy (non-hydrogen) atoms. The van der Waals surface area contributed by atoms with Crippen molar-refractivity contribution < 1.29 is 84.8 Å². The molecule has 2 heterocycles. The summed E-state index contributed by atoms with van der Waals surface area (Å²) in [5.41, 5.74) is 8.00. The minimum atomic E-state index is -2.13. The summed E-state index contributed by atoms with van der Waals surface area (Å²) in [5, 5.41) is 22.0. The van der Waals surface area contributed by atoms with Gasteiger partial charge in [-0.2, -0.15) is 0 Å². The summed E-state index contributed by atoms with van der Waals surface area (Å²) in [6.45, 7) is 43.0. The first-order chi connectivity index (χ1) is 48.7. The number of nitrogens with one attached hydrogen (secondary N) is 2. The van der Waals surface area contributed by atoms with E-state index in [1.54, 1.807) is 77.9 Å². The van der Waals surface area contributed by atoms with Crippen LogP contribution >= 0.6 is 11.6 Å². The molecule has 0 aromatic heterocycles. The highest BCUT2D eigenvalue weighted by Crippen LogP contribution is 2.39. The van der Waals surface area contributed by atoms with Crippen molar-refractivity contribution in [3.8, 4) is 0 Å². The second-order valence-corrected chi connectivity index (χ2v) is 31.9. The fraction of sp³-hybridized carbons (Fsp3) is 0.462. The van der Waals surface area contributed by atoms with E-state index in [1.807, 2.05) is 148 Å². The number of hydrogen-bond acceptors (Lipinski definition) is 16. The Labute approximate surface area is 629 Å². The molecule has 2 fully saturated rings. The van der Waals surface area contributed by atoms with E-state index >= 15 is 4.39 Å². The first-order valence-corrected chi connectivity index (χ1v) is 34.9. The second-order valence-electron chi connectivity index (χ2n) is 31.6. The predicted octanol–water partition coefficient (Wildman–Crippen LogP) is 11.4. The van der Waals surface area contributed by atoms with Crippen molar-refractivity contribution in [2.75, 3.05) is 21.3 Å². The largest absolute Gasteiger partial charge is 0.498 e. The number of rotatable bonds is 15. The summed E-state index contributed by atoms with van der Waals surface area (Å²) in [6, 6.07) is 25.1. The van der Waals surface area contributed by atoms with E-state index in [0.29, 0.717) is 27.8 Å². The van der Waals surface area contributed by atoms with Crippen LogP contribution in [-0.2, 0) is 52.6 Å². The highest BCUT2D eigenvalue weighted by molar-refractivity contribution is 6.68. The average Bonchev–Trinajstić information content (AvgIpc) is 1.59. The first kappa shape index (κ1) is 88.8. The van der Waals surface area contributed by atoms with Gasteiger partial charge in [-0.3, -0.25) is 44.6 Å². The SMILES string of the molecule is COCc1ccc(C(=O)Cl)c(F)c1B1OC(C)(C)C(C)(C)O1.COCc1ccc(C(=O)NN(C(=O)c2cc(C)cc(C)c2)C(C)(C)C)c(F)c1B(O)O.COCc1ccc(C(=O)NN(C(=O)c2cc(C)cc(C)c2)C(C)(C)C)c(F)c1B1OC(C)(C)C(C)(C)O1.Cc1cc(C)cc(C(=O)N(N)C(C)(C)C)c1. The van der Waals surface area contributed by atoms with Crippen LogP contribution in [0.15, 0.2) is 91.0 Å². The van der Waals surface area contributed by atoms with Crippen LogP contribution in [0.5, 0.6) is 0 Å². The second kappa shape index (κ2) is 35.1. The Hall–Kier alpha value is -7.79. The highest BCUT2D eigenvalue weighted by atomic mass is 35.5. The molecule has 6 aromatic carbocycles. The summed E-state index contributed by atoms with van der Waals surface area (Å²) < 4.78 is 85.0. The maximum atomic E-state index is 16.1. The van der Waals surface area contributed by atoms with Gasteiger partial charge in [-0.25, -0.2) is 29.0 Å². The zero-order chi connectivity index (χ0) is 80.6. The lowest BCUT2D eigenvalue weighted by molar-refractivity contribution is 0.00578. The van der Waals surface area contributed by atoms with Crippen LogP contribution in [0.4, 0.5) is 13.2 Å². The summed E-state index contributed by atoms with van der Waals surface area (Å²) in [5.74, 6) is 0.579. The van der Waals surface area contributed by atoms with E-state index < -0.39 is 112 Å². The Kier molecular flexibility index (Phi) is 29.4. The number of halogens is 4. The zero-order valence-electron chi connectivity index (χ0n) is 66.1. The van der Waals surface area contributed by atoms with Gasteiger partial charge in [-0.1, -0.05) is 69.8 Å². The third-order valence-corrected chi connectivity index (χ3v) is 18.4. The maximum absolute atomic E-state index is 16.1. The molecule has 0 aliphatic carbocycles. The summed E-state index contributed by atoms with van der Waals surface area (Å²) in [7, 11) is 0.309. The number of methoxy groups -OCH3 is 3. The molecule has 0 radical (unpaired) electrons. The topological polar surface area (TPSA) is 267 Å². The van der Waals surface area contributed by atoms with Gasteiger partial charge in [0.05, 0.1) is 75.5 Å². The molecular weight excluding hydrogens is 1390 g/mol. The fourth-order valence-electron chi connectivity index (χ4n) is 11.3. The Morgan fingerprint density at radius 3 is 1.02 bits per heavy atom. The molecule has 6 aromatic rings. The molecule has 0 unspecified atom stereocenters. The predicted molar refractivity (Wildman–Crippen MR) is 407 cm³/mol. The van der Waals surface area contributed by atoms with Gasteiger partial charge < -0.3 is 42.9 Å². The average molecular weight is 1490 g/mol. The van der Waals surface area contributed by atoms with E-state index in [4.69, 9.17) is 50.3 Å². The molecule has 574 valence electrons. The maximum Gasteiger partial charge on any atom is 0.498 e. The van der Waals surface area contributed by atoms with Gasteiger partial charge in [0.2, 0.25) is 0 Å². The van der Waals surface area contributed by atoms with Crippen molar-refractivity contribution in [2.45, 2.75) is 218 Å². The van der Waals surface area contributed by atoms with Crippen LogP contribution in [0.25, 0.3) is 0 Å². The van der Waals surface area contributed by atoms with E-state index in [0.717, 1.165) is 38.4 Å². The molecule has 8 rings (SSSR count). The number of carbonyl (C=O) groups is 6. The molecule has 21 nitrogen and oxygen atoms in total. The molecule has 2 saturated heterocycles. The molecule has 2 aliphatic heterocycles. The highest BCUT2D eigenvalue weighted by Gasteiger charge is 2.55. The van der Waals surface area contributed by atoms with E-state index in [9.17, 15) is 47.6 Å². The summed E-state index contributed by atoms with van der Waals surface area (Å²) in [6.07, 6.45) is 0. The third kappa shape index (κ3) is 21.8. The number of ether oxygens (including phenoxy) is 3. The van der Waals surface area contributed by atoms with Crippen molar-refractivity contribution >= 4 is 84.1 Å². The number of benzene rings is 6. The monoisotopic (exact) mass is 1490 g/mol. The van der Waals surface area contributed by atoms with Crippen LogP contribution in [0.1, 0.15) is 230 Å².